The van der Waals surface area contributed by atoms with Crippen molar-refractivity contribution >= 4 is 21.8 Å². The Bertz CT molecular complexity index is 840. The molecule has 1 aliphatic carbocycles. The molecule has 0 radical (unpaired) electrons. The number of alkyl halides is 3. The highest BCUT2D eigenvalue weighted by Crippen LogP contribution is 2.45. The molecule has 8 nitrogen and oxygen atoms in total. The second kappa shape index (κ2) is 8.67. The molecule has 30 heavy (non-hydrogen) atoms. The first kappa shape index (κ1) is 22.8. The average molecular weight is 451 g/mol. The molecule has 1 spiro atoms. The van der Waals surface area contributed by atoms with Crippen LogP contribution in [0.4, 0.5) is 19.0 Å². The fourth-order valence-electron chi connectivity index (χ4n) is 3.69. The van der Waals surface area contributed by atoms with Gasteiger partial charge in [-0.2, -0.15) is 17.5 Å². The number of nitrogens with one attached hydrogen (secondary N) is 1. The number of carboxylic acid groups (broad SMARTS) is 1. The van der Waals surface area contributed by atoms with Crippen LogP contribution in [-0.4, -0.2) is 72.1 Å². The number of ether oxygens (including phenoxy) is 1. The van der Waals surface area contributed by atoms with E-state index >= 15 is 0 Å². The summed E-state index contributed by atoms with van der Waals surface area (Å²) in [6, 6.07) is 5.81. The van der Waals surface area contributed by atoms with Gasteiger partial charge in [-0.25, -0.2) is 18.2 Å². The van der Waals surface area contributed by atoms with E-state index in [-0.39, 0.29) is 10.9 Å². The zero-order valence-electron chi connectivity index (χ0n) is 16.1. The molecule has 3 aliphatic rings. The topological polar surface area (TPSA) is 109 Å². The van der Waals surface area contributed by atoms with Crippen molar-refractivity contribution in [2.45, 2.75) is 42.7 Å². The molecule has 0 bridgehead atoms. The highest BCUT2D eigenvalue weighted by molar-refractivity contribution is 7.90. The van der Waals surface area contributed by atoms with Crippen LogP contribution in [0.25, 0.3) is 0 Å². The smallest absolute Gasteiger partial charge is 0.475 e. The van der Waals surface area contributed by atoms with Crippen LogP contribution in [0.3, 0.4) is 0 Å². The molecule has 0 amide bonds. The van der Waals surface area contributed by atoms with Gasteiger partial charge in [0.2, 0.25) is 10.0 Å². The van der Waals surface area contributed by atoms with Gasteiger partial charge in [0, 0.05) is 32.4 Å². The number of pyridine rings is 1. The standard InChI is InChI=1S/C16H23N3O3S.C2HF3O2/c20-23(21,14-4-5-14)19-11-16(12-19)13(7-10-22-16)6-9-18-15-3-1-2-8-17-15;3-2(4,5)1(6)7/h1-3,8,13-14H,4-7,9-12H2,(H,17,18);(H,6,7). The summed E-state index contributed by atoms with van der Waals surface area (Å²) in [6.07, 6.45) is 0.332. The first-order valence-corrected chi connectivity index (χ1v) is 11.1. The average Bonchev–Trinajstić information content (AvgIpc) is 3.42. The van der Waals surface area contributed by atoms with Crippen LogP contribution in [0.15, 0.2) is 24.4 Å². The Labute approximate surface area is 172 Å². The number of nitrogens with zero attached hydrogens (tertiary/aromatic N) is 2. The van der Waals surface area contributed by atoms with E-state index in [0.29, 0.717) is 19.0 Å². The van der Waals surface area contributed by atoms with E-state index in [1.165, 1.54) is 0 Å². The molecule has 3 fully saturated rings. The summed E-state index contributed by atoms with van der Waals surface area (Å²) in [4.78, 5) is 13.1. The predicted octanol–water partition coefficient (Wildman–Crippen LogP) is 2.10. The van der Waals surface area contributed by atoms with Gasteiger partial charge in [0.1, 0.15) is 5.82 Å². The van der Waals surface area contributed by atoms with Gasteiger partial charge in [-0.05, 0) is 43.7 Å². The van der Waals surface area contributed by atoms with Crippen LogP contribution in [0.2, 0.25) is 0 Å². The number of carboxylic acids is 1. The zero-order chi connectivity index (χ0) is 22.0. The molecule has 1 aromatic rings. The summed E-state index contributed by atoms with van der Waals surface area (Å²) in [5.41, 5.74) is -0.242. The molecule has 1 unspecified atom stereocenters. The molecule has 0 aromatic carbocycles. The maximum atomic E-state index is 12.3. The summed E-state index contributed by atoms with van der Waals surface area (Å²) >= 11 is 0. The lowest BCUT2D eigenvalue weighted by Crippen LogP contribution is -2.66. The van der Waals surface area contributed by atoms with Gasteiger partial charge >= 0.3 is 12.1 Å². The number of carbonyl (C=O) groups is 1. The summed E-state index contributed by atoms with van der Waals surface area (Å²) < 4.78 is 63.9. The number of aromatic nitrogens is 1. The van der Waals surface area contributed by atoms with Gasteiger partial charge in [-0.3, -0.25) is 0 Å². The maximum absolute atomic E-state index is 12.3. The Morgan fingerprint density at radius 3 is 2.50 bits per heavy atom. The molecule has 1 atom stereocenters. The minimum atomic E-state index is -5.08. The Morgan fingerprint density at radius 2 is 1.97 bits per heavy atom. The summed E-state index contributed by atoms with van der Waals surface area (Å²) in [5.74, 6) is -1.45. The fraction of sp³-hybridized carbons (Fsp3) is 0.667. The number of hydrogen-bond acceptors (Lipinski definition) is 6. The molecule has 2 N–H and O–H groups in total. The monoisotopic (exact) mass is 451 g/mol. The quantitative estimate of drug-likeness (QED) is 0.682. The Hall–Kier alpha value is -1.92. The first-order chi connectivity index (χ1) is 14.0. The number of hydrogen-bond donors (Lipinski definition) is 2. The fourth-order valence-corrected chi connectivity index (χ4v) is 5.64. The van der Waals surface area contributed by atoms with Crippen LogP contribution >= 0.6 is 0 Å². The third-order valence-corrected chi connectivity index (χ3v) is 7.79. The van der Waals surface area contributed by atoms with Gasteiger partial charge in [-0.1, -0.05) is 6.07 Å². The van der Waals surface area contributed by atoms with E-state index in [4.69, 9.17) is 14.6 Å². The van der Waals surface area contributed by atoms with Crippen molar-refractivity contribution in [1.82, 2.24) is 9.29 Å². The molecule has 12 heteroatoms. The Kier molecular flexibility index (Phi) is 6.58. The van der Waals surface area contributed by atoms with Crippen molar-refractivity contribution in [3.8, 4) is 0 Å². The first-order valence-electron chi connectivity index (χ1n) is 9.62. The lowest BCUT2D eigenvalue weighted by molar-refractivity contribution is -0.192. The molecule has 2 aliphatic heterocycles. The van der Waals surface area contributed by atoms with Crippen LogP contribution in [0.1, 0.15) is 25.7 Å². The molecule has 1 saturated carbocycles. The largest absolute Gasteiger partial charge is 0.490 e. The summed E-state index contributed by atoms with van der Waals surface area (Å²) in [6.45, 7) is 2.66. The lowest BCUT2D eigenvalue weighted by atomic mass is 9.80. The summed E-state index contributed by atoms with van der Waals surface area (Å²) in [5, 5.41) is 10.3. The molecule has 2 saturated heterocycles. The molecular formula is C18H24F3N3O5S. The number of halogens is 3. The van der Waals surface area contributed by atoms with Crippen molar-refractivity contribution < 1.29 is 36.2 Å². The molecule has 3 heterocycles. The molecular weight excluding hydrogens is 427 g/mol. The van der Waals surface area contributed by atoms with Crippen LogP contribution in [-0.2, 0) is 19.6 Å². The van der Waals surface area contributed by atoms with E-state index in [0.717, 1.165) is 44.7 Å². The van der Waals surface area contributed by atoms with E-state index in [2.05, 4.69) is 10.3 Å². The zero-order valence-corrected chi connectivity index (χ0v) is 17.0. The van der Waals surface area contributed by atoms with E-state index in [1.54, 1.807) is 10.5 Å². The van der Waals surface area contributed by atoms with Crippen LogP contribution in [0, 0.1) is 5.92 Å². The van der Waals surface area contributed by atoms with Gasteiger partial charge in [0.25, 0.3) is 0 Å². The molecule has 4 rings (SSSR count). The van der Waals surface area contributed by atoms with Gasteiger partial charge in [-0.15, -0.1) is 0 Å². The van der Waals surface area contributed by atoms with Gasteiger partial charge in [0.05, 0.1) is 10.9 Å². The highest BCUT2D eigenvalue weighted by atomic mass is 32.2. The van der Waals surface area contributed by atoms with Crippen molar-refractivity contribution in [2.75, 3.05) is 31.6 Å². The van der Waals surface area contributed by atoms with Crippen LogP contribution < -0.4 is 5.32 Å². The number of aliphatic carboxylic acids is 1. The van der Waals surface area contributed by atoms with E-state index < -0.39 is 22.2 Å². The number of sulfonamides is 1. The maximum Gasteiger partial charge on any atom is 0.490 e. The van der Waals surface area contributed by atoms with Gasteiger partial charge in [0.15, 0.2) is 0 Å². The van der Waals surface area contributed by atoms with Crippen molar-refractivity contribution in [3.05, 3.63) is 24.4 Å². The van der Waals surface area contributed by atoms with Crippen LogP contribution in [0.5, 0.6) is 0 Å². The highest BCUT2D eigenvalue weighted by Gasteiger charge is 2.58. The predicted molar refractivity (Wildman–Crippen MR) is 101 cm³/mol. The minimum Gasteiger partial charge on any atom is -0.475 e. The minimum absolute atomic E-state index is 0.120. The number of anilines is 1. The second-order valence-electron chi connectivity index (χ2n) is 7.64. The normalized spacial score (nSPS) is 23.4. The number of rotatable bonds is 6. The Balaban J connectivity index is 0.000000318. The molecule has 168 valence electrons. The summed E-state index contributed by atoms with van der Waals surface area (Å²) in [7, 11) is -3.05. The molecule has 1 aromatic heterocycles. The second-order valence-corrected chi connectivity index (χ2v) is 9.86. The Morgan fingerprint density at radius 1 is 1.30 bits per heavy atom. The van der Waals surface area contributed by atoms with Crippen molar-refractivity contribution in [1.29, 1.82) is 0 Å². The van der Waals surface area contributed by atoms with Crippen molar-refractivity contribution in [3.63, 3.8) is 0 Å². The third kappa shape index (κ3) is 5.22. The third-order valence-electron chi connectivity index (χ3n) is 5.50. The van der Waals surface area contributed by atoms with Gasteiger partial charge < -0.3 is 15.2 Å². The SMILES string of the molecule is O=C(O)C(F)(F)F.O=S(=O)(C1CC1)N1CC2(C1)OCCC2CCNc1ccccn1. The van der Waals surface area contributed by atoms with E-state index in [9.17, 15) is 21.6 Å². The lowest BCUT2D eigenvalue weighted by Gasteiger charge is -2.49. The van der Waals surface area contributed by atoms with E-state index in [1.807, 2.05) is 18.2 Å². The van der Waals surface area contributed by atoms with Crippen molar-refractivity contribution in [2.24, 2.45) is 5.92 Å².